The highest BCUT2D eigenvalue weighted by Crippen LogP contribution is 2.24. The maximum atomic E-state index is 13.1. The number of aromatic nitrogens is 3. The normalized spacial score (nSPS) is 10.9. The number of nitrogens with zero attached hydrogens (tertiary/aromatic N) is 3. The second-order valence-corrected chi connectivity index (χ2v) is 7.93. The van der Waals surface area contributed by atoms with Crippen molar-refractivity contribution in [1.82, 2.24) is 14.5 Å². The van der Waals surface area contributed by atoms with Crippen LogP contribution in [0.25, 0.3) is 16.6 Å². The van der Waals surface area contributed by atoms with E-state index in [0.717, 1.165) is 5.56 Å². The smallest absolute Gasteiger partial charge is 0.266 e. The second-order valence-electron chi connectivity index (χ2n) is 6.58. The molecule has 1 N–H and O–H groups in total. The van der Waals surface area contributed by atoms with Crippen molar-refractivity contribution in [1.29, 1.82) is 0 Å². The standard InChI is InChI=1S/C22H17ClN4O2S/c1-14-8-9-19(17(23)11-14)25-20(28)13-30-22-26-18-7-3-2-6-16(18)21(29)27(22)15-5-4-10-24-12-15/h2-12H,13H2,1H3,(H,25,28). The van der Waals surface area contributed by atoms with Crippen molar-refractivity contribution in [3.63, 3.8) is 0 Å². The Bertz CT molecular complexity index is 1290. The fraction of sp³-hybridized carbons (Fsp3) is 0.0909. The molecule has 4 rings (SSSR count). The third-order valence-electron chi connectivity index (χ3n) is 4.38. The van der Waals surface area contributed by atoms with Crippen molar-refractivity contribution in [2.45, 2.75) is 12.1 Å². The van der Waals surface area contributed by atoms with Crippen LogP contribution in [0.15, 0.2) is 76.9 Å². The summed E-state index contributed by atoms with van der Waals surface area (Å²) in [6.45, 7) is 1.93. The van der Waals surface area contributed by atoms with E-state index in [0.29, 0.717) is 32.5 Å². The van der Waals surface area contributed by atoms with Crippen molar-refractivity contribution in [3.05, 3.63) is 87.9 Å². The van der Waals surface area contributed by atoms with Crippen LogP contribution in [-0.4, -0.2) is 26.2 Å². The highest BCUT2D eigenvalue weighted by Gasteiger charge is 2.15. The lowest BCUT2D eigenvalue weighted by atomic mass is 10.2. The Morgan fingerprint density at radius 1 is 1.17 bits per heavy atom. The number of halogens is 1. The Hall–Kier alpha value is -3.16. The molecule has 0 unspecified atom stereocenters. The molecular weight excluding hydrogens is 420 g/mol. The third-order valence-corrected chi connectivity index (χ3v) is 5.63. The maximum absolute atomic E-state index is 13.1. The van der Waals surface area contributed by atoms with E-state index in [-0.39, 0.29) is 17.2 Å². The number of benzene rings is 2. The van der Waals surface area contributed by atoms with Gasteiger partial charge in [-0.25, -0.2) is 4.98 Å². The number of carbonyl (C=O) groups excluding carboxylic acids is 1. The fourth-order valence-electron chi connectivity index (χ4n) is 2.96. The number of fused-ring (bicyclic) bond motifs is 1. The van der Waals surface area contributed by atoms with Crippen LogP contribution >= 0.6 is 23.4 Å². The summed E-state index contributed by atoms with van der Waals surface area (Å²) in [6, 6.07) is 16.1. The van der Waals surface area contributed by atoms with E-state index in [1.54, 1.807) is 54.9 Å². The number of pyridine rings is 1. The van der Waals surface area contributed by atoms with Gasteiger partial charge in [0.05, 0.1) is 39.3 Å². The molecule has 0 aliphatic rings. The van der Waals surface area contributed by atoms with Gasteiger partial charge in [0.2, 0.25) is 5.91 Å². The molecule has 0 radical (unpaired) electrons. The molecule has 2 aromatic heterocycles. The molecule has 4 aromatic rings. The van der Waals surface area contributed by atoms with Gasteiger partial charge in [-0.3, -0.25) is 19.1 Å². The third kappa shape index (κ3) is 4.22. The Labute approximate surface area is 181 Å². The Balaban J connectivity index is 1.65. The molecule has 150 valence electrons. The second kappa shape index (κ2) is 8.69. The first kappa shape index (κ1) is 20.1. The highest BCUT2D eigenvalue weighted by molar-refractivity contribution is 7.99. The zero-order chi connectivity index (χ0) is 21.1. The number of rotatable bonds is 5. The van der Waals surface area contributed by atoms with Gasteiger partial charge in [0.1, 0.15) is 0 Å². The molecular formula is C22H17ClN4O2S. The minimum absolute atomic E-state index is 0.0647. The summed E-state index contributed by atoms with van der Waals surface area (Å²) < 4.78 is 1.48. The van der Waals surface area contributed by atoms with Crippen LogP contribution in [0.5, 0.6) is 0 Å². The molecule has 1 amide bonds. The van der Waals surface area contributed by atoms with Crippen LogP contribution in [-0.2, 0) is 4.79 Å². The van der Waals surface area contributed by atoms with Crippen molar-refractivity contribution in [2.24, 2.45) is 0 Å². The van der Waals surface area contributed by atoms with Gasteiger partial charge in [-0.15, -0.1) is 0 Å². The van der Waals surface area contributed by atoms with E-state index in [2.05, 4.69) is 15.3 Å². The molecule has 30 heavy (non-hydrogen) atoms. The van der Waals surface area contributed by atoms with E-state index in [9.17, 15) is 9.59 Å². The van der Waals surface area contributed by atoms with Crippen LogP contribution in [0.1, 0.15) is 5.56 Å². The lowest BCUT2D eigenvalue weighted by Crippen LogP contribution is -2.23. The van der Waals surface area contributed by atoms with Crippen molar-refractivity contribution in [2.75, 3.05) is 11.1 Å². The Morgan fingerprint density at radius 2 is 2.00 bits per heavy atom. The van der Waals surface area contributed by atoms with Crippen LogP contribution in [0.2, 0.25) is 5.02 Å². The lowest BCUT2D eigenvalue weighted by Gasteiger charge is -2.13. The summed E-state index contributed by atoms with van der Waals surface area (Å²) in [5.41, 5.74) is 2.51. The topological polar surface area (TPSA) is 76.9 Å². The van der Waals surface area contributed by atoms with Gasteiger partial charge in [-0.1, -0.05) is 41.6 Å². The first-order chi connectivity index (χ1) is 14.5. The first-order valence-electron chi connectivity index (χ1n) is 9.14. The maximum Gasteiger partial charge on any atom is 0.266 e. The average molecular weight is 437 g/mol. The Kier molecular flexibility index (Phi) is 5.83. The number of amides is 1. The number of hydrogen-bond donors (Lipinski definition) is 1. The number of anilines is 1. The van der Waals surface area contributed by atoms with Gasteiger partial charge in [0.15, 0.2) is 5.16 Å². The minimum atomic E-state index is -0.245. The molecule has 0 fully saturated rings. The van der Waals surface area contributed by atoms with E-state index < -0.39 is 0 Å². The average Bonchev–Trinajstić information content (AvgIpc) is 2.75. The van der Waals surface area contributed by atoms with Gasteiger partial charge in [0.25, 0.3) is 5.56 Å². The SMILES string of the molecule is Cc1ccc(NC(=O)CSc2nc3ccccc3c(=O)n2-c2cccnc2)c(Cl)c1. The molecule has 2 aromatic carbocycles. The summed E-state index contributed by atoms with van der Waals surface area (Å²) in [7, 11) is 0. The summed E-state index contributed by atoms with van der Waals surface area (Å²) in [6.07, 6.45) is 3.22. The van der Waals surface area contributed by atoms with E-state index in [4.69, 9.17) is 11.6 Å². The van der Waals surface area contributed by atoms with Gasteiger partial charge < -0.3 is 5.32 Å². The van der Waals surface area contributed by atoms with Gasteiger partial charge >= 0.3 is 0 Å². The van der Waals surface area contributed by atoms with E-state index in [1.807, 2.05) is 19.1 Å². The summed E-state index contributed by atoms with van der Waals surface area (Å²) in [5, 5.41) is 4.19. The molecule has 0 spiro atoms. The minimum Gasteiger partial charge on any atom is -0.324 e. The number of hydrogen-bond acceptors (Lipinski definition) is 5. The Morgan fingerprint density at radius 3 is 2.77 bits per heavy atom. The van der Waals surface area contributed by atoms with Gasteiger partial charge in [-0.05, 0) is 48.9 Å². The fourth-order valence-corrected chi connectivity index (χ4v) is 4.06. The van der Waals surface area contributed by atoms with Crippen molar-refractivity contribution in [3.8, 4) is 5.69 Å². The zero-order valence-corrected chi connectivity index (χ0v) is 17.6. The molecule has 0 saturated heterocycles. The lowest BCUT2D eigenvalue weighted by molar-refractivity contribution is -0.113. The molecule has 2 heterocycles. The predicted octanol–water partition coefficient (Wildman–Crippen LogP) is 4.47. The van der Waals surface area contributed by atoms with E-state index >= 15 is 0 Å². The van der Waals surface area contributed by atoms with Gasteiger partial charge in [0, 0.05) is 6.20 Å². The van der Waals surface area contributed by atoms with E-state index in [1.165, 1.54) is 16.3 Å². The van der Waals surface area contributed by atoms with Crippen LogP contribution in [0, 0.1) is 6.92 Å². The number of thioether (sulfide) groups is 1. The molecule has 0 saturated carbocycles. The number of carbonyl (C=O) groups is 1. The van der Waals surface area contributed by atoms with Crippen molar-refractivity contribution >= 4 is 45.9 Å². The summed E-state index contributed by atoms with van der Waals surface area (Å²) >= 11 is 7.37. The monoisotopic (exact) mass is 436 g/mol. The van der Waals surface area contributed by atoms with Crippen molar-refractivity contribution < 1.29 is 4.79 Å². The summed E-state index contributed by atoms with van der Waals surface area (Å²) in [5.74, 6) is -0.180. The summed E-state index contributed by atoms with van der Waals surface area (Å²) in [4.78, 5) is 34.3. The number of aryl methyl sites for hydroxylation is 1. The molecule has 0 atom stereocenters. The zero-order valence-electron chi connectivity index (χ0n) is 16.0. The predicted molar refractivity (Wildman–Crippen MR) is 121 cm³/mol. The van der Waals surface area contributed by atoms with Crippen LogP contribution in [0.3, 0.4) is 0 Å². The molecule has 6 nitrogen and oxygen atoms in total. The first-order valence-corrected chi connectivity index (χ1v) is 10.5. The molecule has 8 heteroatoms. The highest BCUT2D eigenvalue weighted by atomic mass is 35.5. The molecule has 0 aliphatic carbocycles. The quantitative estimate of drug-likeness (QED) is 0.369. The van der Waals surface area contributed by atoms with Crippen LogP contribution < -0.4 is 10.9 Å². The largest absolute Gasteiger partial charge is 0.324 e. The molecule has 0 bridgehead atoms. The number of nitrogens with one attached hydrogen (secondary N) is 1. The molecule has 0 aliphatic heterocycles. The number of para-hydroxylation sites is 1. The van der Waals surface area contributed by atoms with Crippen LogP contribution in [0.4, 0.5) is 5.69 Å². The van der Waals surface area contributed by atoms with Gasteiger partial charge in [-0.2, -0.15) is 0 Å².